The number of fused-ring (bicyclic) bond motifs is 1. The lowest BCUT2D eigenvalue weighted by Crippen LogP contribution is -2.39. The zero-order valence-corrected chi connectivity index (χ0v) is 19.3. The number of nitrogens with zero attached hydrogens (tertiary/aromatic N) is 4. The second-order valence-electron chi connectivity index (χ2n) is 7.81. The van der Waals surface area contributed by atoms with Crippen molar-refractivity contribution >= 4 is 40.6 Å². The van der Waals surface area contributed by atoms with Crippen molar-refractivity contribution in [1.29, 1.82) is 0 Å². The summed E-state index contributed by atoms with van der Waals surface area (Å²) in [5, 5.41) is 9.70. The summed E-state index contributed by atoms with van der Waals surface area (Å²) >= 11 is 6.51. The van der Waals surface area contributed by atoms with Crippen molar-refractivity contribution < 1.29 is 9.21 Å². The van der Waals surface area contributed by atoms with Gasteiger partial charge in [0, 0.05) is 35.7 Å². The third kappa shape index (κ3) is 4.25. The number of allylic oxidation sites excluding steroid dienone is 1. The predicted octanol–water partition coefficient (Wildman–Crippen LogP) is 3.92. The van der Waals surface area contributed by atoms with Gasteiger partial charge in [0.25, 0.3) is 5.91 Å². The summed E-state index contributed by atoms with van der Waals surface area (Å²) in [6, 6.07) is 14.5. The molecule has 0 spiro atoms. The fourth-order valence-electron chi connectivity index (χ4n) is 3.80. The Kier molecular flexibility index (Phi) is 5.77. The van der Waals surface area contributed by atoms with Gasteiger partial charge >= 0.3 is 6.01 Å². The van der Waals surface area contributed by atoms with Crippen molar-refractivity contribution in [3.8, 4) is 0 Å². The van der Waals surface area contributed by atoms with Gasteiger partial charge in [0.05, 0.1) is 12.1 Å². The first-order valence-corrected chi connectivity index (χ1v) is 11.0. The lowest BCUT2D eigenvalue weighted by molar-refractivity contribution is -0.118. The smallest absolute Gasteiger partial charge is 0.302 e. The third-order valence-electron chi connectivity index (χ3n) is 5.53. The van der Waals surface area contributed by atoms with Crippen molar-refractivity contribution in [2.24, 2.45) is 12.0 Å². The van der Waals surface area contributed by atoms with Crippen LogP contribution in [0.25, 0.3) is 11.1 Å². The minimum Gasteiger partial charge on any atom is -0.423 e. The van der Waals surface area contributed by atoms with Crippen LogP contribution in [0, 0.1) is 0 Å². The highest BCUT2D eigenvalue weighted by molar-refractivity contribution is 6.31. The van der Waals surface area contributed by atoms with Gasteiger partial charge in [0.15, 0.2) is 5.58 Å². The molecule has 4 aromatic rings. The molecule has 2 aromatic heterocycles. The van der Waals surface area contributed by atoms with E-state index in [0.717, 1.165) is 11.3 Å². The number of aryl methyl sites for hydroxylation is 1. The molecular formula is C24H22ClN7O2. The highest BCUT2D eigenvalue weighted by Crippen LogP contribution is 2.35. The molecule has 9 nitrogen and oxygen atoms in total. The van der Waals surface area contributed by atoms with E-state index in [-0.39, 0.29) is 12.5 Å². The molecule has 172 valence electrons. The van der Waals surface area contributed by atoms with E-state index in [2.05, 4.69) is 25.9 Å². The SMILES string of the molecule is CC1=C(C(=O)NCc2nccn2C)C(c2ccccc2Cl)N=C(Nc2nc3ccccc3o2)N1. The van der Waals surface area contributed by atoms with Crippen LogP contribution in [-0.2, 0) is 18.4 Å². The molecule has 5 rings (SSSR count). The van der Waals surface area contributed by atoms with E-state index in [1.54, 1.807) is 12.3 Å². The highest BCUT2D eigenvalue weighted by Gasteiger charge is 2.31. The largest absolute Gasteiger partial charge is 0.423 e. The zero-order chi connectivity index (χ0) is 23.7. The fraction of sp³-hybridized carbons (Fsp3) is 0.167. The first kappa shape index (κ1) is 21.7. The van der Waals surface area contributed by atoms with Crippen molar-refractivity contribution in [3.05, 3.63) is 88.6 Å². The normalized spacial score (nSPS) is 15.7. The van der Waals surface area contributed by atoms with Crippen molar-refractivity contribution in [3.63, 3.8) is 0 Å². The Morgan fingerprint density at radius 3 is 2.76 bits per heavy atom. The third-order valence-corrected chi connectivity index (χ3v) is 5.88. The number of rotatable bonds is 5. The molecule has 2 aromatic carbocycles. The van der Waals surface area contributed by atoms with Gasteiger partial charge in [0.2, 0.25) is 5.96 Å². The maximum Gasteiger partial charge on any atom is 0.302 e. The Labute approximate surface area is 200 Å². The van der Waals surface area contributed by atoms with Gasteiger partial charge < -0.3 is 19.6 Å². The lowest BCUT2D eigenvalue weighted by atomic mass is 9.95. The van der Waals surface area contributed by atoms with Gasteiger partial charge in [-0.15, -0.1) is 0 Å². The van der Waals surface area contributed by atoms with Crippen LogP contribution in [0.2, 0.25) is 5.02 Å². The molecule has 0 aliphatic carbocycles. The molecular weight excluding hydrogens is 454 g/mol. The standard InChI is InChI=1S/C24H22ClN7O2/c1-14-20(22(33)27-13-19-26-11-12-32(19)2)21(15-7-3-4-8-16(15)25)30-23(28-14)31-24-29-17-9-5-6-10-18(17)34-24/h3-12,21H,13H2,1-2H3,(H,27,33)(H2,28,29,30,31). The minimum atomic E-state index is -0.636. The molecule has 0 fully saturated rings. The first-order valence-electron chi connectivity index (χ1n) is 10.7. The Hall–Kier alpha value is -4.11. The number of hydrogen-bond donors (Lipinski definition) is 3. The second kappa shape index (κ2) is 9.03. The van der Waals surface area contributed by atoms with E-state index in [4.69, 9.17) is 21.0 Å². The van der Waals surface area contributed by atoms with Crippen LogP contribution in [0.3, 0.4) is 0 Å². The number of nitrogens with one attached hydrogen (secondary N) is 3. The van der Waals surface area contributed by atoms with E-state index >= 15 is 0 Å². The number of guanidine groups is 1. The number of benzene rings is 2. The monoisotopic (exact) mass is 475 g/mol. The Bertz CT molecular complexity index is 1400. The first-order chi connectivity index (χ1) is 16.5. The number of anilines is 1. The molecule has 3 N–H and O–H groups in total. The quantitative estimate of drug-likeness (QED) is 0.403. The topological polar surface area (TPSA) is 109 Å². The number of carbonyl (C=O) groups excluding carboxylic acids is 1. The average molecular weight is 476 g/mol. The number of aliphatic imine (C=N–C) groups is 1. The predicted molar refractivity (Wildman–Crippen MR) is 130 cm³/mol. The molecule has 0 saturated heterocycles. The van der Waals surface area contributed by atoms with Gasteiger partial charge in [-0.1, -0.05) is 41.9 Å². The summed E-state index contributed by atoms with van der Waals surface area (Å²) in [5.41, 5.74) is 3.20. The molecule has 1 unspecified atom stereocenters. The second-order valence-corrected chi connectivity index (χ2v) is 8.22. The number of oxazole rings is 1. The maximum absolute atomic E-state index is 13.3. The number of aromatic nitrogens is 3. The number of amides is 1. The van der Waals surface area contributed by atoms with Crippen molar-refractivity contribution in [2.75, 3.05) is 5.32 Å². The molecule has 1 atom stereocenters. The van der Waals surface area contributed by atoms with Gasteiger partial charge in [-0.05, 0) is 25.1 Å². The van der Waals surface area contributed by atoms with E-state index in [1.165, 1.54) is 0 Å². The summed E-state index contributed by atoms with van der Waals surface area (Å²) in [5.74, 6) is 0.878. The number of para-hydroxylation sites is 2. The van der Waals surface area contributed by atoms with E-state index in [0.29, 0.717) is 39.4 Å². The van der Waals surface area contributed by atoms with Gasteiger partial charge in [-0.25, -0.2) is 9.98 Å². The molecule has 3 heterocycles. The van der Waals surface area contributed by atoms with Crippen LogP contribution in [-0.4, -0.2) is 26.4 Å². The number of halogens is 1. The van der Waals surface area contributed by atoms with Crippen LogP contribution in [0.15, 0.2) is 81.6 Å². The number of hydrogen-bond acceptors (Lipinski definition) is 7. The molecule has 1 aliphatic heterocycles. The molecule has 34 heavy (non-hydrogen) atoms. The number of imidazole rings is 1. The van der Waals surface area contributed by atoms with E-state index < -0.39 is 6.04 Å². The Morgan fingerprint density at radius 1 is 1.21 bits per heavy atom. The lowest BCUT2D eigenvalue weighted by Gasteiger charge is -2.27. The summed E-state index contributed by atoms with van der Waals surface area (Å²) in [6.07, 6.45) is 3.52. The van der Waals surface area contributed by atoms with Crippen molar-refractivity contribution in [1.82, 2.24) is 25.2 Å². The van der Waals surface area contributed by atoms with Gasteiger partial charge in [-0.2, -0.15) is 4.98 Å². The van der Waals surface area contributed by atoms with Crippen LogP contribution in [0.5, 0.6) is 0 Å². The molecule has 10 heteroatoms. The summed E-state index contributed by atoms with van der Waals surface area (Å²) in [7, 11) is 1.88. The summed E-state index contributed by atoms with van der Waals surface area (Å²) in [4.78, 5) is 26.7. The van der Waals surface area contributed by atoms with Crippen molar-refractivity contribution in [2.45, 2.75) is 19.5 Å². The minimum absolute atomic E-state index is 0.261. The maximum atomic E-state index is 13.3. The van der Waals surface area contributed by atoms with Gasteiger partial charge in [-0.3, -0.25) is 10.1 Å². The number of carbonyl (C=O) groups is 1. The van der Waals surface area contributed by atoms with Crippen LogP contribution >= 0.6 is 11.6 Å². The summed E-state index contributed by atoms with van der Waals surface area (Å²) < 4.78 is 7.62. The molecule has 1 aliphatic rings. The molecule has 0 bridgehead atoms. The summed E-state index contributed by atoms with van der Waals surface area (Å²) in [6.45, 7) is 2.11. The Morgan fingerprint density at radius 2 is 2.00 bits per heavy atom. The van der Waals surface area contributed by atoms with Crippen LogP contribution < -0.4 is 16.0 Å². The Balaban J connectivity index is 1.45. The molecule has 0 saturated carbocycles. The van der Waals surface area contributed by atoms with Gasteiger partial charge in [0.1, 0.15) is 17.4 Å². The average Bonchev–Trinajstić information content (AvgIpc) is 3.42. The molecule has 0 radical (unpaired) electrons. The zero-order valence-electron chi connectivity index (χ0n) is 18.5. The van der Waals surface area contributed by atoms with E-state index in [1.807, 2.05) is 67.2 Å². The van der Waals surface area contributed by atoms with Crippen LogP contribution in [0.1, 0.15) is 24.4 Å². The van der Waals surface area contributed by atoms with E-state index in [9.17, 15) is 4.79 Å². The highest BCUT2D eigenvalue weighted by atomic mass is 35.5. The van der Waals surface area contributed by atoms with Crippen LogP contribution in [0.4, 0.5) is 6.01 Å². The fourth-order valence-corrected chi connectivity index (χ4v) is 4.04. The molecule has 1 amide bonds.